The summed E-state index contributed by atoms with van der Waals surface area (Å²) in [6.07, 6.45) is 19.7. The molecule has 2 rings (SSSR count). The van der Waals surface area contributed by atoms with Crippen molar-refractivity contribution >= 4 is 11.0 Å². The van der Waals surface area contributed by atoms with Gasteiger partial charge in [-0.2, -0.15) is 0 Å². The quantitative estimate of drug-likeness (QED) is 0.361. The Balaban J connectivity index is 1.50. The normalized spacial score (nSPS) is 11.3. The first-order valence-electron chi connectivity index (χ1n) is 10.5. The van der Waals surface area contributed by atoms with Crippen LogP contribution in [0.4, 0.5) is 0 Å². The van der Waals surface area contributed by atoms with Crippen molar-refractivity contribution in [3.05, 3.63) is 35.7 Å². The Bertz CT molecular complexity index is 606. The zero-order chi connectivity index (χ0) is 17.7. The first-order chi connectivity index (χ1) is 12.3. The fourth-order valence-corrected chi connectivity index (χ4v) is 3.43. The number of nitrogens with zero attached hydrogens (tertiary/aromatic N) is 2. The van der Waals surface area contributed by atoms with Gasteiger partial charge in [-0.3, -0.25) is 4.98 Å². The molecule has 1 aromatic carbocycles. The standard InChI is InChI=1S/C23H36N2/c1-3-4-5-6-7-8-9-10-11-12-13-14-15-21-19-24-22-17-16-20(2)18-23(22)25-21/h16-19H,3-15H2,1-2H3. The summed E-state index contributed by atoms with van der Waals surface area (Å²) < 4.78 is 0. The summed E-state index contributed by atoms with van der Waals surface area (Å²) in [6, 6.07) is 6.29. The van der Waals surface area contributed by atoms with E-state index in [9.17, 15) is 0 Å². The van der Waals surface area contributed by atoms with Crippen LogP contribution in [0.3, 0.4) is 0 Å². The van der Waals surface area contributed by atoms with E-state index in [0.717, 1.165) is 23.1 Å². The van der Waals surface area contributed by atoms with Crippen LogP contribution in [0.25, 0.3) is 11.0 Å². The van der Waals surface area contributed by atoms with Crippen molar-refractivity contribution in [2.45, 2.75) is 97.3 Å². The van der Waals surface area contributed by atoms with E-state index in [2.05, 4.69) is 37.0 Å². The molecule has 1 aromatic heterocycles. The summed E-state index contributed by atoms with van der Waals surface area (Å²) in [5, 5.41) is 0. The molecule has 0 atom stereocenters. The van der Waals surface area contributed by atoms with Gasteiger partial charge in [-0.1, -0.05) is 83.6 Å². The number of aromatic nitrogens is 2. The van der Waals surface area contributed by atoms with Crippen LogP contribution in [0.5, 0.6) is 0 Å². The lowest BCUT2D eigenvalue weighted by molar-refractivity contribution is 0.543. The minimum absolute atomic E-state index is 1.00. The Kier molecular flexibility index (Phi) is 9.54. The molecule has 0 amide bonds. The lowest BCUT2D eigenvalue weighted by Gasteiger charge is -2.04. The second kappa shape index (κ2) is 12.0. The number of aryl methyl sites for hydroxylation is 2. The molecule has 1 heterocycles. The first-order valence-corrected chi connectivity index (χ1v) is 10.5. The van der Waals surface area contributed by atoms with Crippen molar-refractivity contribution in [2.24, 2.45) is 0 Å². The molecule has 0 aliphatic rings. The molecular weight excluding hydrogens is 304 g/mol. The fourth-order valence-electron chi connectivity index (χ4n) is 3.43. The molecule has 0 aliphatic heterocycles. The van der Waals surface area contributed by atoms with E-state index in [1.165, 1.54) is 82.6 Å². The lowest BCUT2D eigenvalue weighted by Crippen LogP contribution is -1.94. The third-order valence-corrected chi connectivity index (χ3v) is 5.03. The molecular formula is C23H36N2. The van der Waals surface area contributed by atoms with Gasteiger partial charge in [0.25, 0.3) is 0 Å². The summed E-state index contributed by atoms with van der Waals surface area (Å²) >= 11 is 0. The Morgan fingerprint density at radius 2 is 1.32 bits per heavy atom. The van der Waals surface area contributed by atoms with Crippen LogP contribution in [0.1, 0.15) is 95.2 Å². The van der Waals surface area contributed by atoms with E-state index in [0.29, 0.717) is 0 Å². The highest BCUT2D eigenvalue weighted by atomic mass is 14.8. The summed E-state index contributed by atoms with van der Waals surface area (Å²) in [7, 11) is 0. The second-order valence-electron chi connectivity index (χ2n) is 7.49. The maximum atomic E-state index is 4.76. The topological polar surface area (TPSA) is 25.8 Å². The summed E-state index contributed by atoms with van der Waals surface area (Å²) in [6.45, 7) is 4.40. The van der Waals surface area contributed by atoms with Crippen LogP contribution >= 0.6 is 0 Å². The Morgan fingerprint density at radius 3 is 1.96 bits per heavy atom. The van der Waals surface area contributed by atoms with Crippen molar-refractivity contribution in [3.8, 4) is 0 Å². The van der Waals surface area contributed by atoms with Crippen molar-refractivity contribution in [3.63, 3.8) is 0 Å². The second-order valence-corrected chi connectivity index (χ2v) is 7.49. The van der Waals surface area contributed by atoms with Crippen molar-refractivity contribution in [1.29, 1.82) is 0 Å². The number of benzene rings is 1. The van der Waals surface area contributed by atoms with E-state index in [1.54, 1.807) is 0 Å². The molecule has 0 bridgehead atoms. The summed E-state index contributed by atoms with van der Waals surface area (Å²) in [5.74, 6) is 0. The highest BCUT2D eigenvalue weighted by molar-refractivity contribution is 5.74. The number of rotatable bonds is 13. The van der Waals surface area contributed by atoms with E-state index < -0.39 is 0 Å². The van der Waals surface area contributed by atoms with Crippen LogP contribution in [0, 0.1) is 6.92 Å². The van der Waals surface area contributed by atoms with Crippen molar-refractivity contribution in [2.75, 3.05) is 0 Å². The SMILES string of the molecule is CCCCCCCCCCCCCCc1cnc2ccc(C)cc2n1. The third kappa shape index (κ3) is 7.98. The predicted octanol–water partition coefficient (Wildman–Crippen LogP) is 7.18. The highest BCUT2D eigenvalue weighted by Crippen LogP contribution is 2.15. The van der Waals surface area contributed by atoms with Crippen LogP contribution in [0.15, 0.2) is 24.4 Å². The van der Waals surface area contributed by atoms with E-state index >= 15 is 0 Å². The molecule has 0 radical (unpaired) electrons. The van der Waals surface area contributed by atoms with Gasteiger partial charge in [0.15, 0.2) is 0 Å². The molecule has 0 aliphatic carbocycles. The molecule has 2 heteroatoms. The molecule has 0 spiro atoms. The van der Waals surface area contributed by atoms with Gasteiger partial charge in [-0.25, -0.2) is 4.98 Å². The number of hydrogen-bond acceptors (Lipinski definition) is 2. The van der Waals surface area contributed by atoms with E-state index in [1.807, 2.05) is 6.20 Å². The van der Waals surface area contributed by atoms with Crippen molar-refractivity contribution in [1.82, 2.24) is 9.97 Å². The van der Waals surface area contributed by atoms with Gasteiger partial charge in [0.2, 0.25) is 0 Å². The van der Waals surface area contributed by atoms with Gasteiger partial charge >= 0.3 is 0 Å². The van der Waals surface area contributed by atoms with E-state index in [4.69, 9.17) is 4.98 Å². The molecule has 138 valence electrons. The molecule has 0 unspecified atom stereocenters. The largest absolute Gasteiger partial charge is 0.253 e. The van der Waals surface area contributed by atoms with Gasteiger partial charge < -0.3 is 0 Å². The number of unbranched alkanes of at least 4 members (excludes halogenated alkanes) is 11. The Morgan fingerprint density at radius 1 is 0.720 bits per heavy atom. The Hall–Kier alpha value is -1.44. The number of fused-ring (bicyclic) bond motifs is 1. The van der Waals surface area contributed by atoms with Gasteiger partial charge in [-0.05, 0) is 37.5 Å². The zero-order valence-electron chi connectivity index (χ0n) is 16.4. The minimum Gasteiger partial charge on any atom is -0.253 e. The minimum atomic E-state index is 1.00. The zero-order valence-corrected chi connectivity index (χ0v) is 16.4. The molecule has 2 nitrogen and oxygen atoms in total. The molecule has 25 heavy (non-hydrogen) atoms. The predicted molar refractivity (Wildman–Crippen MR) is 109 cm³/mol. The van der Waals surface area contributed by atoms with Gasteiger partial charge in [0.05, 0.1) is 16.7 Å². The van der Waals surface area contributed by atoms with Crippen LogP contribution in [0.2, 0.25) is 0 Å². The van der Waals surface area contributed by atoms with E-state index in [-0.39, 0.29) is 0 Å². The highest BCUT2D eigenvalue weighted by Gasteiger charge is 2.01. The van der Waals surface area contributed by atoms with Crippen molar-refractivity contribution < 1.29 is 0 Å². The van der Waals surface area contributed by atoms with Crippen LogP contribution in [-0.2, 0) is 6.42 Å². The average Bonchev–Trinajstić information content (AvgIpc) is 2.62. The summed E-state index contributed by atoms with van der Waals surface area (Å²) in [5.41, 5.74) is 4.44. The first kappa shape index (κ1) is 19.9. The monoisotopic (exact) mass is 340 g/mol. The molecule has 2 aromatic rings. The smallest absolute Gasteiger partial charge is 0.0892 e. The van der Waals surface area contributed by atoms with Gasteiger partial charge in [0, 0.05) is 6.20 Å². The fraction of sp³-hybridized carbons (Fsp3) is 0.652. The summed E-state index contributed by atoms with van der Waals surface area (Å²) in [4.78, 5) is 9.30. The third-order valence-electron chi connectivity index (χ3n) is 5.03. The molecule has 0 saturated heterocycles. The molecule has 0 N–H and O–H groups in total. The maximum absolute atomic E-state index is 4.76. The average molecular weight is 341 g/mol. The van der Waals surface area contributed by atoms with Gasteiger partial charge in [0.1, 0.15) is 0 Å². The number of hydrogen-bond donors (Lipinski definition) is 0. The Labute approximate surface area is 154 Å². The molecule has 0 saturated carbocycles. The lowest BCUT2D eigenvalue weighted by atomic mass is 10.0. The van der Waals surface area contributed by atoms with Gasteiger partial charge in [-0.15, -0.1) is 0 Å². The van der Waals surface area contributed by atoms with Crippen LogP contribution < -0.4 is 0 Å². The maximum Gasteiger partial charge on any atom is 0.0892 e. The molecule has 0 fully saturated rings. The van der Waals surface area contributed by atoms with Crippen LogP contribution in [-0.4, -0.2) is 9.97 Å².